The first-order valence-corrected chi connectivity index (χ1v) is 8.89. The van der Waals surface area contributed by atoms with Crippen LogP contribution in [-0.4, -0.2) is 30.1 Å². The van der Waals surface area contributed by atoms with E-state index in [4.69, 9.17) is 0 Å². The van der Waals surface area contributed by atoms with Crippen LogP contribution < -0.4 is 5.32 Å². The summed E-state index contributed by atoms with van der Waals surface area (Å²) in [6.07, 6.45) is 7.07. The van der Waals surface area contributed by atoms with E-state index < -0.39 is 0 Å². The zero-order valence-corrected chi connectivity index (χ0v) is 13.6. The first-order chi connectivity index (χ1) is 10.8. The zero-order chi connectivity index (χ0) is 15.4. The van der Waals surface area contributed by atoms with Crippen LogP contribution >= 0.6 is 0 Å². The van der Waals surface area contributed by atoms with Crippen LogP contribution in [-0.2, 0) is 0 Å². The number of rotatable bonds is 5. The second-order valence-corrected chi connectivity index (χ2v) is 6.84. The molecule has 22 heavy (non-hydrogen) atoms. The van der Waals surface area contributed by atoms with Gasteiger partial charge in [-0.05, 0) is 43.1 Å². The van der Waals surface area contributed by atoms with Gasteiger partial charge in [0.05, 0.1) is 0 Å². The highest BCUT2D eigenvalue weighted by Crippen LogP contribution is 2.44. The number of piperidine rings is 2. The minimum atomic E-state index is 0.164. The maximum Gasteiger partial charge on any atom is 0.317 e. The molecule has 4 rings (SSSR count). The standard InChI is InChI=1S/C19H28N2O/c1-2-3-7-12-20-19(22)21-14-16-10-11-17(21)13-18(16)15-8-5-4-6-9-15/h4-6,8-9,16-18H,2-3,7,10-14H2,1H3,(H,20,22)/t16?,17-,18?/m0/s1. The molecule has 3 heteroatoms. The quantitative estimate of drug-likeness (QED) is 0.814. The summed E-state index contributed by atoms with van der Waals surface area (Å²) in [4.78, 5) is 14.5. The summed E-state index contributed by atoms with van der Waals surface area (Å²) in [6.45, 7) is 3.95. The van der Waals surface area contributed by atoms with Crippen molar-refractivity contribution < 1.29 is 4.79 Å². The molecule has 2 amide bonds. The first kappa shape index (κ1) is 15.4. The Bertz CT molecular complexity index is 487. The number of carbonyl (C=O) groups is 1. The second kappa shape index (κ2) is 7.17. The van der Waals surface area contributed by atoms with E-state index in [1.807, 2.05) is 0 Å². The number of fused-ring (bicyclic) bond motifs is 3. The summed E-state index contributed by atoms with van der Waals surface area (Å²) in [6, 6.07) is 11.5. The average Bonchev–Trinajstić information content (AvgIpc) is 2.59. The van der Waals surface area contributed by atoms with Crippen molar-refractivity contribution in [2.45, 2.75) is 57.4 Å². The number of unbranched alkanes of at least 4 members (excludes halogenated alkanes) is 2. The number of benzene rings is 1. The van der Waals surface area contributed by atoms with Crippen molar-refractivity contribution in [1.82, 2.24) is 10.2 Å². The van der Waals surface area contributed by atoms with Crippen LogP contribution in [0.15, 0.2) is 30.3 Å². The molecule has 3 aliphatic rings. The van der Waals surface area contributed by atoms with Gasteiger partial charge in [-0.3, -0.25) is 0 Å². The van der Waals surface area contributed by atoms with Crippen molar-refractivity contribution in [3.8, 4) is 0 Å². The number of hydrogen-bond acceptors (Lipinski definition) is 1. The molecule has 3 fully saturated rings. The molecule has 2 saturated heterocycles. The Balaban J connectivity index is 1.57. The van der Waals surface area contributed by atoms with E-state index in [0.717, 1.165) is 25.9 Å². The highest BCUT2D eigenvalue weighted by molar-refractivity contribution is 5.74. The van der Waals surface area contributed by atoms with Crippen LogP contribution in [0, 0.1) is 5.92 Å². The Morgan fingerprint density at radius 2 is 2.05 bits per heavy atom. The van der Waals surface area contributed by atoms with Gasteiger partial charge in [0.15, 0.2) is 0 Å². The van der Waals surface area contributed by atoms with Crippen molar-refractivity contribution in [3.05, 3.63) is 35.9 Å². The normalized spacial score (nSPS) is 27.0. The van der Waals surface area contributed by atoms with Gasteiger partial charge in [-0.2, -0.15) is 0 Å². The number of urea groups is 1. The van der Waals surface area contributed by atoms with Crippen molar-refractivity contribution in [2.24, 2.45) is 5.92 Å². The Morgan fingerprint density at radius 1 is 1.23 bits per heavy atom. The van der Waals surface area contributed by atoms with E-state index in [1.54, 1.807) is 0 Å². The number of amides is 2. The molecule has 1 N–H and O–H groups in total. The van der Waals surface area contributed by atoms with Crippen LogP contribution in [0.1, 0.15) is 56.9 Å². The highest BCUT2D eigenvalue weighted by atomic mass is 16.2. The molecule has 2 bridgehead atoms. The number of hydrogen-bond donors (Lipinski definition) is 1. The van der Waals surface area contributed by atoms with Crippen LogP contribution in [0.5, 0.6) is 0 Å². The first-order valence-electron chi connectivity index (χ1n) is 8.89. The lowest BCUT2D eigenvalue weighted by atomic mass is 9.69. The van der Waals surface area contributed by atoms with Crippen molar-refractivity contribution in [2.75, 3.05) is 13.1 Å². The largest absolute Gasteiger partial charge is 0.338 e. The lowest BCUT2D eigenvalue weighted by Gasteiger charge is -2.49. The molecule has 3 nitrogen and oxygen atoms in total. The maximum absolute atomic E-state index is 12.4. The summed E-state index contributed by atoms with van der Waals surface area (Å²) in [5.74, 6) is 1.28. The molecule has 2 aliphatic heterocycles. The molecule has 0 spiro atoms. The minimum Gasteiger partial charge on any atom is -0.338 e. The predicted octanol–water partition coefficient (Wildman–Crippen LogP) is 4.15. The Morgan fingerprint density at radius 3 is 2.73 bits per heavy atom. The van der Waals surface area contributed by atoms with E-state index >= 15 is 0 Å². The van der Waals surface area contributed by atoms with Gasteiger partial charge >= 0.3 is 6.03 Å². The Labute approximate surface area is 134 Å². The molecule has 1 aromatic rings. The topological polar surface area (TPSA) is 32.3 Å². The van der Waals surface area contributed by atoms with E-state index in [-0.39, 0.29) is 6.03 Å². The maximum atomic E-state index is 12.4. The lowest BCUT2D eigenvalue weighted by Crippen LogP contribution is -2.56. The SMILES string of the molecule is CCCCCNC(=O)N1CC2CC[C@H]1CC2c1ccccc1. The number of nitrogens with zero attached hydrogens (tertiary/aromatic N) is 1. The fourth-order valence-corrected chi connectivity index (χ4v) is 4.14. The third kappa shape index (κ3) is 3.29. The summed E-state index contributed by atoms with van der Waals surface area (Å²) in [5, 5.41) is 3.11. The molecule has 2 heterocycles. The third-order valence-corrected chi connectivity index (χ3v) is 5.38. The summed E-state index contributed by atoms with van der Waals surface area (Å²) in [5.41, 5.74) is 1.46. The van der Waals surface area contributed by atoms with Crippen LogP contribution in [0.3, 0.4) is 0 Å². The Hall–Kier alpha value is -1.51. The molecule has 2 unspecified atom stereocenters. The number of nitrogens with one attached hydrogen (secondary N) is 1. The predicted molar refractivity (Wildman–Crippen MR) is 89.9 cm³/mol. The zero-order valence-electron chi connectivity index (χ0n) is 13.6. The minimum absolute atomic E-state index is 0.164. The van der Waals surface area contributed by atoms with Crippen molar-refractivity contribution in [1.29, 1.82) is 0 Å². The van der Waals surface area contributed by atoms with Gasteiger partial charge in [0, 0.05) is 19.1 Å². The fourth-order valence-electron chi connectivity index (χ4n) is 4.14. The molecule has 1 aliphatic carbocycles. The molecule has 0 radical (unpaired) electrons. The highest BCUT2D eigenvalue weighted by Gasteiger charge is 2.42. The van der Waals surface area contributed by atoms with Crippen molar-refractivity contribution >= 4 is 6.03 Å². The van der Waals surface area contributed by atoms with Gasteiger partial charge in [0.1, 0.15) is 0 Å². The summed E-state index contributed by atoms with van der Waals surface area (Å²) < 4.78 is 0. The molecule has 0 aromatic heterocycles. The van der Waals surface area contributed by atoms with Crippen LogP contribution in [0.25, 0.3) is 0 Å². The van der Waals surface area contributed by atoms with Gasteiger partial charge in [-0.25, -0.2) is 4.79 Å². The van der Waals surface area contributed by atoms with Crippen LogP contribution in [0.4, 0.5) is 4.79 Å². The van der Waals surface area contributed by atoms with Gasteiger partial charge in [0.2, 0.25) is 0 Å². The average molecular weight is 300 g/mol. The third-order valence-electron chi connectivity index (χ3n) is 5.38. The van der Waals surface area contributed by atoms with Gasteiger partial charge < -0.3 is 10.2 Å². The molecule has 3 atom stereocenters. The van der Waals surface area contributed by atoms with Gasteiger partial charge in [-0.1, -0.05) is 50.1 Å². The van der Waals surface area contributed by atoms with E-state index in [1.165, 1.54) is 31.2 Å². The molecular formula is C19H28N2O. The van der Waals surface area contributed by atoms with Crippen LogP contribution in [0.2, 0.25) is 0 Å². The lowest BCUT2D eigenvalue weighted by molar-refractivity contribution is 0.0581. The van der Waals surface area contributed by atoms with E-state index in [0.29, 0.717) is 17.9 Å². The molecule has 1 aromatic carbocycles. The van der Waals surface area contributed by atoms with Crippen molar-refractivity contribution in [3.63, 3.8) is 0 Å². The van der Waals surface area contributed by atoms with Gasteiger partial charge in [0.25, 0.3) is 0 Å². The van der Waals surface area contributed by atoms with Gasteiger partial charge in [-0.15, -0.1) is 0 Å². The summed E-state index contributed by atoms with van der Waals surface area (Å²) >= 11 is 0. The second-order valence-electron chi connectivity index (χ2n) is 6.84. The molecular weight excluding hydrogens is 272 g/mol. The number of carbonyl (C=O) groups excluding carboxylic acids is 1. The molecule has 120 valence electrons. The smallest absolute Gasteiger partial charge is 0.317 e. The monoisotopic (exact) mass is 300 g/mol. The summed E-state index contributed by atoms with van der Waals surface area (Å²) in [7, 11) is 0. The Kier molecular flexibility index (Phi) is 5.01. The fraction of sp³-hybridized carbons (Fsp3) is 0.632. The van der Waals surface area contributed by atoms with E-state index in [9.17, 15) is 4.79 Å². The van der Waals surface area contributed by atoms with E-state index in [2.05, 4.69) is 47.5 Å². The molecule has 1 saturated carbocycles.